The minimum Gasteiger partial charge on any atom is -0.309 e. The van der Waals surface area contributed by atoms with E-state index < -0.39 is 0 Å². The molecule has 0 aliphatic heterocycles. The Morgan fingerprint density at radius 1 is 0.354 bits per heavy atom. The molecule has 0 spiro atoms. The third kappa shape index (κ3) is 4.95. The van der Waals surface area contributed by atoms with Crippen molar-refractivity contribution in [3.63, 3.8) is 0 Å². The highest BCUT2D eigenvalue weighted by atomic mass is 32.1. The molecular weight excluding hydrogens is 599 g/mol. The third-order valence-electron chi connectivity index (χ3n) is 9.28. The first-order valence-corrected chi connectivity index (χ1v) is 17.2. The van der Waals surface area contributed by atoms with Gasteiger partial charge in [0.15, 0.2) is 0 Å². The summed E-state index contributed by atoms with van der Waals surface area (Å²) < 4.78 is 2.62. The van der Waals surface area contributed by atoms with Crippen molar-refractivity contribution in [3.8, 4) is 33.4 Å². The molecule has 1 nitrogen and oxygen atoms in total. The molecule has 2 heteroatoms. The first-order chi connectivity index (χ1) is 23.8. The Balaban J connectivity index is 1.34. The summed E-state index contributed by atoms with van der Waals surface area (Å²) in [5, 5.41) is 5.04. The number of rotatable bonds is 6. The maximum Gasteiger partial charge on any atom is 0.0546 e. The molecule has 0 unspecified atom stereocenters. The van der Waals surface area contributed by atoms with Crippen LogP contribution in [0.3, 0.4) is 0 Å². The molecule has 8 aromatic carbocycles. The molecule has 0 aliphatic rings. The summed E-state index contributed by atoms with van der Waals surface area (Å²) >= 11 is 1.88. The van der Waals surface area contributed by atoms with Gasteiger partial charge in [0.25, 0.3) is 0 Å². The van der Waals surface area contributed by atoms with Crippen LogP contribution in [0.15, 0.2) is 188 Å². The summed E-state index contributed by atoms with van der Waals surface area (Å²) in [7, 11) is 0. The van der Waals surface area contributed by atoms with Gasteiger partial charge in [0.05, 0.1) is 11.4 Å². The molecule has 1 heterocycles. The van der Waals surface area contributed by atoms with Crippen molar-refractivity contribution in [2.45, 2.75) is 0 Å². The van der Waals surface area contributed by atoms with Crippen LogP contribution in [0.25, 0.3) is 64.3 Å². The van der Waals surface area contributed by atoms with Crippen molar-refractivity contribution in [1.82, 2.24) is 0 Å². The first kappa shape index (κ1) is 28.3. The van der Waals surface area contributed by atoms with Gasteiger partial charge in [-0.1, -0.05) is 158 Å². The molecule has 9 rings (SSSR count). The SMILES string of the molecule is c1ccc(-c2ccc(N(c3cc(-c4ccccc4)ccc3-c3cccc4c3sc3ccccc34)c3cccc4ccccc34)cc2)cc1. The van der Waals surface area contributed by atoms with Crippen molar-refractivity contribution in [2.75, 3.05) is 4.90 Å². The molecule has 0 saturated heterocycles. The van der Waals surface area contributed by atoms with Crippen molar-refractivity contribution in [3.05, 3.63) is 188 Å². The molecule has 1 aromatic heterocycles. The molecule has 0 N–H and O–H groups in total. The summed E-state index contributed by atoms with van der Waals surface area (Å²) in [6.07, 6.45) is 0. The Morgan fingerprint density at radius 2 is 0.938 bits per heavy atom. The molecule has 0 atom stereocenters. The second kappa shape index (κ2) is 12.0. The van der Waals surface area contributed by atoms with Crippen molar-refractivity contribution in [1.29, 1.82) is 0 Å². The van der Waals surface area contributed by atoms with Crippen LogP contribution in [-0.2, 0) is 0 Å². The normalized spacial score (nSPS) is 11.3. The molecule has 0 fully saturated rings. The Labute approximate surface area is 284 Å². The fourth-order valence-corrected chi connectivity index (χ4v) is 8.19. The van der Waals surface area contributed by atoms with Crippen LogP contribution in [0.4, 0.5) is 17.1 Å². The van der Waals surface area contributed by atoms with Crippen LogP contribution in [0, 0.1) is 0 Å². The highest BCUT2D eigenvalue weighted by molar-refractivity contribution is 7.26. The number of nitrogens with zero attached hydrogens (tertiary/aromatic N) is 1. The molecule has 9 aromatic rings. The zero-order valence-corrected chi connectivity index (χ0v) is 27.1. The second-order valence-corrected chi connectivity index (χ2v) is 13.2. The third-order valence-corrected chi connectivity index (χ3v) is 10.5. The van der Waals surface area contributed by atoms with Crippen LogP contribution in [0.5, 0.6) is 0 Å². The van der Waals surface area contributed by atoms with Crippen LogP contribution in [-0.4, -0.2) is 0 Å². The van der Waals surface area contributed by atoms with Gasteiger partial charge in [-0.05, 0) is 58.0 Å². The highest BCUT2D eigenvalue weighted by Gasteiger charge is 2.22. The Bertz CT molecular complexity index is 2540. The highest BCUT2D eigenvalue weighted by Crippen LogP contribution is 2.48. The van der Waals surface area contributed by atoms with Gasteiger partial charge in [-0.2, -0.15) is 0 Å². The van der Waals surface area contributed by atoms with Gasteiger partial charge in [0.2, 0.25) is 0 Å². The molecule has 0 radical (unpaired) electrons. The quantitative estimate of drug-likeness (QED) is 0.177. The van der Waals surface area contributed by atoms with Crippen LogP contribution < -0.4 is 4.90 Å². The van der Waals surface area contributed by atoms with E-state index in [1.54, 1.807) is 0 Å². The molecule has 0 saturated carbocycles. The van der Waals surface area contributed by atoms with Gasteiger partial charge in [-0.3, -0.25) is 0 Å². The maximum atomic E-state index is 2.46. The van der Waals surface area contributed by atoms with E-state index in [1.807, 2.05) is 11.3 Å². The number of hydrogen-bond acceptors (Lipinski definition) is 2. The first-order valence-electron chi connectivity index (χ1n) is 16.4. The van der Waals surface area contributed by atoms with E-state index in [4.69, 9.17) is 0 Å². The minimum atomic E-state index is 1.11. The number of thiophene rings is 1. The summed E-state index contributed by atoms with van der Waals surface area (Å²) in [6, 6.07) is 68.2. The van der Waals surface area contributed by atoms with Gasteiger partial charge in [-0.15, -0.1) is 11.3 Å². The Morgan fingerprint density at radius 3 is 1.73 bits per heavy atom. The summed E-state index contributed by atoms with van der Waals surface area (Å²) in [6.45, 7) is 0. The van der Waals surface area contributed by atoms with E-state index in [9.17, 15) is 0 Å². The van der Waals surface area contributed by atoms with Crippen LogP contribution in [0.1, 0.15) is 0 Å². The van der Waals surface area contributed by atoms with Crippen LogP contribution >= 0.6 is 11.3 Å². The zero-order valence-electron chi connectivity index (χ0n) is 26.3. The van der Waals surface area contributed by atoms with Crippen LogP contribution in [0.2, 0.25) is 0 Å². The molecular formula is C46H31NS. The predicted molar refractivity (Wildman–Crippen MR) is 208 cm³/mol. The van der Waals surface area contributed by atoms with E-state index in [0.29, 0.717) is 0 Å². The summed E-state index contributed by atoms with van der Waals surface area (Å²) in [5.41, 5.74) is 10.6. The van der Waals surface area contributed by atoms with Crippen molar-refractivity contribution in [2.24, 2.45) is 0 Å². The minimum absolute atomic E-state index is 1.11. The molecule has 0 amide bonds. The lowest BCUT2D eigenvalue weighted by Gasteiger charge is -2.30. The number of hydrogen-bond donors (Lipinski definition) is 0. The zero-order chi connectivity index (χ0) is 31.9. The van der Waals surface area contributed by atoms with E-state index in [1.165, 1.54) is 64.3 Å². The molecule has 0 bridgehead atoms. The summed E-state index contributed by atoms with van der Waals surface area (Å²) in [4.78, 5) is 2.46. The molecule has 48 heavy (non-hydrogen) atoms. The number of anilines is 3. The standard InChI is InChI=1S/C46H31NS/c1-3-13-32(14-4-1)34-25-28-37(29-26-34)47(43-23-11-18-35-17-7-8-19-38(35)43)44-31-36(33-15-5-2-6-16-33)27-30-39(44)41-21-12-22-42-40-20-9-10-24-45(40)48-46(41)42/h1-31H. The van der Waals surface area contributed by atoms with Gasteiger partial charge < -0.3 is 4.90 Å². The second-order valence-electron chi connectivity index (χ2n) is 12.1. The van der Waals surface area contributed by atoms with E-state index in [0.717, 1.165) is 17.1 Å². The van der Waals surface area contributed by atoms with Crippen molar-refractivity contribution >= 4 is 59.3 Å². The van der Waals surface area contributed by atoms with E-state index >= 15 is 0 Å². The fraction of sp³-hybridized carbons (Fsp3) is 0. The monoisotopic (exact) mass is 629 g/mol. The van der Waals surface area contributed by atoms with E-state index in [2.05, 4.69) is 193 Å². The van der Waals surface area contributed by atoms with Gasteiger partial charge in [0.1, 0.15) is 0 Å². The topological polar surface area (TPSA) is 3.24 Å². The Kier molecular flexibility index (Phi) is 7.07. The fourth-order valence-electron chi connectivity index (χ4n) is 6.96. The van der Waals surface area contributed by atoms with Crippen molar-refractivity contribution < 1.29 is 0 Å². The van der Waals surface area contributed by atoms with E-state index in [-0.39, 0.29) is 0 Å². The maximum absolute atomic E-state index is 2.46. The predicted octanol–water partition coefficient (Wildman–Crippen LogP) is 13.7. The molecule has 226 valence electrons. The lowest BCUT2D eigenvalue weighted by Crippen LogP contribution is -2.12. The van der Waals surface area contributed by atoms with Gasteiger partial charge in [-0.25, -0.2) is 0 Å². The number of fused-ring (bicyclic) bond motifs is 4. The average molecular weight is 630 g/mol. The average Bonchev–Trinajstić information content (AvgIpc) is 3.55. The Hall–Kier alpha value is -5.96. The molecule has 0 aliphatic carbocycles. The largest absolute Gasteiger partial charge is 0.309 e. The smallest absolute Gasteiger partial charge is 0.0546 e. The lowest BCUT2D eigenvalue weighted by atomic mass is 9.95. The van der Waals surface area contributed by atoms with Gasteiger partial charge >= 0.3 is 0 Å². The number of benzene rings is 8. The lowest BCUT2D eigenvalue weighted by molar-refractivity contribution is 1.30. The van der Waals surface area contributed by atoms with Gasteiger partial charge in [0, 0.05) is 42.4 Å². The summed E-state index contributed by atoms with van der Waals surface area (Å²) in [5.74, 6) is 0.